The number of carbonyl (C=O) groups excluding carboxylic acids is 1. The van der Waals surface area contributed by atoms with E-state index in [9.17, 15) is 29.2 Å². The monoisotopic (exact) mass is 1490 g/mol. The Morgan fingerprint density at radius 1 is 0.373 bits per heavy atom. The van der Waals surface area contributed by atoms with Gasteiger partial charge in [-0.2, -0.15) is 0 Å². The Balaban J connectivity index is 0.000000360. The van der Waals surface area contributed by atoms with Crippen molar-refractivity contribution in [3.63, 3.8) is 0 Å². The van der Waals surface area contributed by atoms with Crippen molar-refractivity contribution in [3.05, 3.63) is 345 Å². The van der Waals surface area contributed by atoms with Crippen molar-refractivity contribution in [2.75, 3.05) is 54.1 Å². The van der Waals surface area contributed by atoms with Crippen LogP contribution in [0.4, 0.5) is 0 Å². The third kappa shape index (κ3) is 46.1. The molecule has 110 heavy (non-hydrogen) atoms. The lowest BCUT2D eigenvalue weighted by Crippen LogP contribution is -2.37. The van der Waals surface area contributed by atoms with Crippen molar-refractivity contribution in [1.82, 2.24) is 25.7 Å². The number of aliphatic carboxylic acids is 3. The first-order valence-electron chi connectivity index (χ1n) is 37.1. The third-order valence-corrected chi connectivity index (χ3v) is 16.6. The average Bonchev–Trinajstić information content (AvgIpc) is 0.895. The maximum atomic E-state index is 11.3. The van der Waals surface area contributed by atoms with Gasteiger partial charge in [0.05, 0.1) is 7.11 Å². The van der Waals surface area contributed by atoms with Crippen LogP contribution in [0.1, 0.15) is 112 Å². The Morgan fingerprint density at radius 3 is 0.882 bits per heavy atom. The molecule has 9 rings (SSSR count). The van der Waals surface area contributed by atoms with Gasteiger partial charge in [-0.3, -0.25) is 9.63 Å². The first kappa shape index (κ1) is 93.8. The van der Waals surface area contributed by atoms with Crippen LogP contribution in [0.15, 0.2) is 273 Å². The van der Waals surface area contributed by atoms with E-state index in [1.54, 1.807) is 52.2 Å². The van der Waals surface area contributed by atoms with Crippen molar-refractivity contribution in [2.24, 2.45) is 5.73 Å². The third-order valence-electron chi connectivity index (χ3n) is 16.6. The lowest BCUT2D eigenvalue weighted by Gasteiger charge is -2.23. The second kappa shape index (κ2) is 59.5. The fourth-order valence-corrected chi connectivity index (χ4v) is 10.8. The molecule has 0 radical (unpaired) electrons. The van der Waals surface area contributed by atoms with Crippen LogP contribution in [-0.2, 0) is 87.0 Å². The summed E-state index contributed by atoms with van der Waals surface area (Å²) in [6, 6.07) is 83.6. The maximum Gasteiger partial charge on any atom is 0.376 e. The van der Waals surface area contributed by atoms with E-state index in [-0.39, 0.29) is 13.3 Å². The number of rotatable bonds is 38. The van der Waals surface area contributed by atoms with Crippen LogP contribution in [-0.4, -0.2) is 127 Å². The van der Waals surface area contributed by atoms with Crippen molar-refractivity contribution in [1.29, 1.82) is 0 Å². The number of nitrogens with two attached hydrogens (primary N) is 1. The largest absolute Gasteiger partial charge is 0.478 e. The number of aryl methyl sites for hydroxylation is 5. The van der Waals surface area contributed by atoms with E-state index < -0.39 is 32.0 Å². The smallest absolute Gasteiger partial charge is 0.376 e. The molecule has 0 fully saturated rings. The first-order valence-corrected chi connectivity index (χ1v) is 37.1. The number of hydroxylamine groups is 1. The summed E-state index contributed by atoms with van der Waals surface area (Å²) in [7, 11) is 3.63. The van der Waals surface area contributed by atoms with Gasteiger partial charge in [0.15, 0.2) is 0 Å². The quantitative estimate of drug-likeness (QED) is 0.00754. The molecule has 19 heteroatoms. The first-order chi connectivity index (χ1) is 52.9. The van der Waals surface area contributed by atoms with Gasteiger partial charge in [0.25, 0.3) is 5.91 Å². The molecule has 0 aliphatic heterocycles. The maximum absolute atomic E-state index is 11.3. The zero-order valence-electron chi connectivity index (χ0n) is 64.0. The number of carboxylic acids is 3. The Bertz CT molecular complexity index is 3860. The number of benzene rings is 9. The number of amides is 1. The summed E-state index contributed by atoms with van der Waals surface area (Å²) >= 11 is 0. The molecule has 9 aromatic rings. The van der Waals surface area contributed by atoms with Crippen molar-refractivity contribution < 1.29 is 54.1 Å². The van der Waals surface area contributed by atoms with Gasteiger partial charge >= 0.3 is 32.0 Å². The fourth-order valence-electron chi connectivity index (χ4n) is 10.8. The Kier molecular flexibility index (Phi) is 50.8. The van der Waals surface area contributed by atoms with Crippen LogP contribution < -0.4 is 21.8 Å². The second-order valence-corrected chi connectivity index (χ2v) is 25.7. The van der Waals surface area contributed by atoms with E-state index in [0.717, 1.165) is 162 Å². The molecule has 10 N–H and O–H groups in total. The molecule has 0 atom stereocenters. The standard InChI is InChI=1S/C21H27BN2O3.C20H24BNO3.2C19H21NO2.C9H13N.C2H6O.CH4/c1-22(26)24(16-6-9-18-7-4-3-5-8-18)17-20-12-10-19(11-13-20)14-15-21(25)23-27-2;1-21(25)22(15-5-8-17-6-3-2-4-7-17)16-19-11-9-18(10-12-19)13-14-20(23)24;2*21-19(22)13-12-17-8-10-18(11-9-17)15-20-14-4-7-16-5-2-1-3-6-16;10-8-4-7-9-5-2-1-3-6-9;1-3-2;/h3-5,7-8,10-15,26H,6,9,16-17H2,1-2H3,(H,23,25);2-4,6-7,9-14,25H,5,8,15-16H2,1H3,(H,23,24);2*1-3,5-6,8-13,20H,4,7,14-15H2,(H,21,22);1-3,5-6H,4,7-8,10H2;1-2H3;1H4/b15-14+;14-13+;2*13-12+;;;. The van der Waals surface area contributed by atoms with E-state index in [2.05, 4.69) is 140 Å². The molecule has 0 saturated carbocycles. The molecule has 582 valence electrons. The summed E-state index contributed by atoms with van der Waals surface area (Å²) in [6.45, 7) is 11.0. The summed E-state index contributed by atoms with van der Waals surface area (Å²) in [5.74, 6) is -3.11. The van der Waals surface area contributed by atoms with E-state index >= 15 is 0 Å². The molecule has 0 unspecified atom stereocenters. The van der Waals surface area contributed by atoms with Gasteiger partial charge < -0.3 is 56.1 Å². The summed E-state index contributed by atoms with van der Waals surface area (Å²) in [5, 5.41) is 52.8. The van der Waals surface area contributed by atoms with Crippen LogP contribution in [0, 0.1) is 0 Å². The molecular weight excluding hydrogens is 1370 g/mol. The number of hydrogen-bond acceptors (Lipinski definition) is 13. The highest BCUT2D eigenvalue weighted by atomic mass is 16.6. The fraction of sp³-hybridized carbons (Fsp3) is 0.275. The molecule has 9 aromatic carbocycles. The van der Waals surface area contributed by atoms with Gasteiger partial charge in [0, 0.05) is 64.7 Å². The minimum Gasteiger partial charge on any atom is -0.478 e. The number of hydrogen-bond donors (Lipinski definition) is 9. The van der Waals surface area contributed by atoms with Crippen molar-refractivity contribution in [2.45, 2.75) is 111 Å². The van der Waals surface area contributed by atoms with Gasteiger partial charge in [0.1, 0.15) is 0 Å². The number of methoxy groups -OCH3 is 1. The average molecular weight is 1490 g/mol. The number of carbonyl (C=O) groups is 4. The molecular formula is C91H116B2N6O11. The topological polar surface area (TPSA) is 256 Å². The van der Waals surface area contributed by atoms with Gasteiger partial charge in [-0.1, -0.05) is 256 Å². The van der Waals surface area contributed by atoms with Gasteiger partial charge in [0.2, 0.25) is 0 Å². The molecule has 1 amide bonds. The van der Waals surface area contributed by atoms with Crippen LogP contribution >= 0.6 is 0 Å². The summed E-state index contributed by atoms with van der Waals surface area (Å²) < 4.78 is 4.25. The molecule has 0 heterocycles. The molecule has 0 bridgehead atoms. The highest BCUT2D eigenvalue weighted by Gasteiger charge is 2.17. The van der Waals surface area contributed by atoms with Crippen molar-refractivity contribution in [3.8, 4) is 0 Å². The van der Waals surface area contributed by atoms with Crippen LogP contribution in [0.25, 0.3) is 24.3 Å². The molecule has 17 nitrogen and oxygen atoms in total. The number of nitrogens with one attached hydrogen (secondary N) is 3. The van der Waals surface area contributed by atoms with Crippen LogP contribution in [0.2, 0.25) is 13.6 Å². The zero-order chi connectivity index (χ0) is 78.7. The molecule has 0 saturated heterocycles. The number of carboxylic acid groups (broad SMARTS) is 3. The van der Waals surface area contributed by atoms with Crippen LogP contribution in [0.5, 0.6) is 0 Å². The molecule has 0 aromatic heterocycles. The minimum absolute atomic E-state index is 0. The lowest BCUT2D eigenvalue weighted by molar-refractivity contribution is -0.132. The van der Waals surface area contributed by atoms with Gasteiger partial charge in [-0.25, -0.2) is 19.9 Å². The zero-order valence-corrected chi connectivity index (χ0v) is 64.0. The van der Waals surface area contributed by atoms with E-state index in [1.165, 1.54) is 52.1 Å². The van der Waals surface area contributed by atoms with E-state index in [4.69, 9.17) is 21.1 Å². The Morgan fingerprint density at radius 2 is 0.627 bits per heavy atom. The lowest BCUT2D eigenvalue weighted by atomic mass is 9.84. The van der Waals surface area contributed by atoms with Gasteiger partial charge in [-0.05, 0) is 207 Å². The SMILES string of the molecule is C.CB(O)N(CCCc1ccccc1)Cc1ccc(/C=C/C(=O)O)cc1.COC.CONC(=O)/C=C/c1ccc(CN(CCCc2ccccc2)B(C)O)cc1.NCCCc1ccccc1.O=C(O)/C=C/c1ccc(CNCCCc2ccccc2)cc1.O=C(O)/C=C/c1ccc(CNCCCc2ccccc2)cc1. The summed E-state index contributed by atoms with van der Waals surface area (Å²) in [5.41, 5.74) is 22.6. The number of nitrogens with zero attached hydrogens (tertiary/aromatic N) is 2. The normalized spacial score (nSPS) is 10.7. The number of ether oxygens (including phenoxy) is 1. The summed E-state index contributed by atoms with van der Waals surface area (Å²) in [4.78, 5) is 51.4. The summed E-state index contributed by atoms with van der Waals surface area (Å²) in [6.07, 6.45) is 21.9. The van der Waals surface area contributed by atoms with Crippen molar-refractivity contribution >= 4 is 62.2 Å². The van der Waals surface area contributed by atoms with Crippen LogP contribution in [0.3, 0.4) is 0 Å². The molecule has 0 aliphatic rings. The van der Waals surface area contributed by atoms with E-state index in [0.29, 0.717) is 13.1 Å². The predicted molar refractivity (Wildman–Crippen MR) is 454 cm³/mol. The molecule has 0 aliphatic carbocycles. The highest BCUT2D eigenvalue weighted by molar-refractivity contribution is 6.45. The Hall–Kier alpha value is -10.4. The molecule has 0 spiro atoms. The van der Waals surface area contributed by atoms with E-state index in [1.807, 2.05) is 144 Å². The minimum atomic E-state index is -0.956. The highest BCUT2D eigenvalue weighted by Crippen LogP contribution is 2.16. The van der Waals surface area contributed by atoms with Gasteiger partial charge in [-0.15, -0.1) is 0 Å². The second-order valence-electron chi connectivity index (χ2n) is 25.7. The predicted octanol–water partition coefficient (Wildman–Crippen LogP) is 15.7. The Labute approximate surface area is 655 Å².